The van der Waals surface area contributed by atoms with E-state index in [1.165, 1.54) is 0 Å². The van der Waals surface area contributed by atoms with Gasteiger partial charge in [-0.2, -0.15) is 0 Å². The third-order valence-corrected chi connectivity index (χ3v) is 8.15. The summed E-state index contributed by atoms with van der Waals surface area (Å²) in [4.78, 5) is 0. The molecule has 0 aromatic heterocycles. The first-order valence-corrected chi connectivity index (χ1v) is 10.9. The van der Waals surface area contributed by atoms with Crippen LogP contribution in [0.2, 0.25) is 13.1 Å². The van der Waals surface area contributed by atoms with Gasteiger partial charge in [-0.05, 0) is 12.8 Å². The predicted molar refractivity (Wildman–Crippen MR) is 58.5 cm³/mol. The maximum atomic E-state index is 5.73. The van der Waals surface area contributed by atoms with E-state index in [4.69, 9.17) is 8.85 Å². The van der Waals surface area contributed by atoms with E-state index < -0.39 is 17.1 Å². The lowest BCUT2D eigenvalue weighted by atomic mass is 10.5. The number of hydrogen-bond donors (Lipinski definition) is 0. The third kappa shape index (κ3) is 5.94. The zero-order valence-corrected chi connectivity index (χ0v) is 11.1. The van der Waals surface area contributed by atoms with Crippen molar-refractivity contribution in [2.45, 2.75) is 39.8 Å². The molecule has 0 aromatic rings. The predicted octanol–water partition coefficient (Wildman–Crippen LogP) is 1.63. The van der Waals surface area contributed by atoms with Gasteiger partial charge in [0, 0.05) is 13.2 Å². The van der Waals surface area contributed by atoms with Crippen molar-refractivity contribution in [3.05, 3.63) is 0 Å². The van der Waals surface area contributed by atoms with Crippen molar-refractivity contribution in [1.82, 2.24) is 0 Å². The van der Waals surface area contributed by atoms with Gasteiger partial charge in [-0.1, -0.05) is 26.9 Å². The van der Waals surface area contributed by atoms with Crippen molar-refractivity contribution in [3.8, 4) is 0 Å². The average Bonchev–Trinajstić information content (AvgIpc) is 2.04. The molecule has 0 spiro atoms. The number of hydrogen-bond acceptors (Lipinski definition) is 2. The second-order valence-electron chi connectivity index (χ2n) is 3.35. The van der Waals surface area contributed by atoms with Gasteiger partial charge in [0.1, 0.15) is 0 Å². The van der Waals surface area contributed by atoms with E-state index in [9.17, 15) is 0 Å². The van der Waals surface area contributed by atoms with Gasteiger partial charge in [0.2, 0.25) is 0 Å². The molecular weight excluding hydrogens is 184 g/mol. The van der Waals surface area contributed by atoms with Gasteiger partial charge in [0.15, 0.2) is 0 Å². The summed E-state index contributed by atoms with van der Waals surface area (Å²) in [7, 11) is -1.86. The van der Waals surface area contributed by atoms with Crippen LogP contribution in [-0.2, 0) is 8.85 Å². The average molecular weight is 206 g/mol. The summed E-state index contributed by atoms with van der Waals surface area (Å²) in [6.07, 6.45) is 2.22. The van der Waals surface area contributed by atoms with Crippen LogP contribution in [-0.4, -0.2) is 30.3 Å². The highest BCUT2D eigenvalue weighted by molar-refractivity contribution is 7.15. The standard InChI is InChI=1S/C8H22O2Si2/c1-5-7-9-12(11(3)4)10-8-6-2/h11-12H,5-8H2,1-4H3. The van der Waals surface area contributed by atoms with Crippen molar-refractivity contribution in [3.63, 3.8) is 0 Å². The van der Waals surface area contributed by atoms with Crippen LogP contribution in [0.5, 0.6) is 0 Å². The summed E-state index contributed by atoms with van der Waals surface area (Å²) in [5.74, 6) is 0. The van der Waals surface area contributed by atoms with Crippen LogP contribution in [0.15, 0.2) is 0 Å². The van der Waals surface area contributed by atoms with E-state index >= 15 is 0 Å². The summed E-state index contributed by atoms with van der Waals surface area (Å²) in [5.41, 5.74) is 0. The second kappa shape index (κ2) is 7.98. The highest BCUT2D eigenvalue weighted by atomic mass is 29.2. The summed E-state index contributed by atoms with van der Waals surface area (Å²) in [6, 6.07) is 0. The molecule has 0 aliphatic heterocycles. The largest absolute Gasteiger partial charge is 0.399 e. The molecule has 0 atom stereocenters. The Balaban J connectivity index is 3.55. The molecule has 0 aliphatic carbocycles. The fourth-order valence-electron chi connectivity index (χ4n) is 0.901. The maximum Gasteiger partial charge on any atom is 0.296 e. The molecule has 0 N–H and O–H groups in total. The highest BCUT2D eigenvalue weighted by Crippen LogP contribution is 1.98. The Kier molecular flexibility index (Phi) is 8.21. The Morgan fingerprint density at radius 2 is 1.33 bits per heavy atom. The molecule has 74 valence electrons. The fourth-order valence-corrected chi connectivity index (χ4v) is 5.83. The van der Waals surface area contributed by atoms with Gasteiger partial charge in [0.25, 0.3) is 8.80 Å². The Morgan fingerprint density at radius 1 is 0.917 bits per heavy atom. The molecule has 0 saturated heterocycles. The lowest BCUT2D eigenvalue weighted by molar-refractivity contribution is 0.212. The lowest BCUT2D eigenvalue weighted by Gasteiger charge is -2.18. The van der Waals surface area contributed by atoms with Crippen molar-refractivity contribution in [1.29, 1.82) is 0 Å². The van der Waals surface area contributed by atoms with Crippen molar-refractivity contribution in [2.75, 3.05) is 13.2 Å². The van der Waals surface area contributed by atoms with E-state index in [0.29, 0.717) is 0 Å². The van der Waals surface area contributed by atoms with Crippen LogP contribution in [0.1, 0.15) is 26.7 Å². The molecule has 0 unspecified atom stereocenters. The van der Waals surface area contributed by atoms with Gasteiger partial charge in [0.05, 0.1) is 8.31 Å². The Bertz CT molecular complexity index is 91.1. The topological polar surface area (TPSA) is 18.5 Å². The SMILES string of the molecule is CCCO[SiH](OCCC)[SiH](C)C. The van der Waals surface area contributed by atoms with Crippen molar-refractivity contribution < 1.29 is 8.85 Å². The minimum absolute atomic E-state index is 0.654. The molecule has 0 rings (SSSR count). The van der Waals surface area contributed by atoms with E-state index in [-0.39, 0.29) is 0 Å². The molecule has 0 bridgehead atoms. The fraction of sp³-hybridized carbons (Fsp3) is 1.00. The minimum atomic E-state index is -1.20. The van der Waals surface area contributed by atoms with Crippen molar-refractivity contribution >= 4 is 17.1 Å². The zero-order valence-electron chi connectivity index (χ0n) is 8.80. The molecule has 12 heavy (non-hydrogen) atoms. The smallest absolute Gasteiger partial charge is 0.296 e. The van der Waals surface area contributed by atoms with Crippen LogP contribution in [0.25, 0.3) is 0 Å². The molecule has 0 aromatic carbocycles. The molecule has 0 aliphatic rings. The Hall–Kier alpha value is 0.354. The Morgan fingerprint density at radius 3 is 1.58 bits per heavy atom. The molecule has 0 amide bonds. The van der Waals surface area contributed by atoms with Gasteiger partial charge in [-0.25, -0.2) is 0 Å². The van der Waals surface area contributed by atoms with Gasteiger partial charge in [-0.15, -0.1) is 0 Å². The summed E-state index contributed by atoms with van der Waals surface area (Å²) in [5, 5.41) is 0. The third-order valence-electron chi connectivity index (χ3n) is 1.52. The van der Waals surface area contributed by atoms with E-state index in [1.807, 2.05) is 0 Å². The number of rotatable bonds is 7. The van der Waals surface area contributed by atoms with E-state index in [1.54, 1.807) is 0 Å². The minimum Gasteiger partial charge on any atom is -0.399 e. The summed E-state index contributed by atoms with van der Waals surface area (Å²) in [6.45, 7) is 10.7. The summed E-state index contributed by atoms with van der Waals surface area (Å²) >= 11 is 0. The van der Waals surface area contributed by atoms with Crippen LogP contribution in [0.3, 0.4) is 0 Å². The zero-order chi connectivity index (χ0) is 9.40. The highest BCUT2D eigenvalue weighted by Gasteiger charge is 2.18. The normalized spacial score (nSPS) is 11.5. The first-order chi connectivity index (χ1) is 5.72. The first kappa shape index (κ1) is 12.4. The molecule has 0 saturated carbocycles. The molecule has 2 nitrogen and oxygen atoms in total. The molecule has 0 fully saturated rings. The second-order valence-corrected chi connectivity index (χ2v) is 12.9. The maximum absolute atomic E-state index is 5.73. The lowest BCUT2D eigenvalue weighted by Crippen LogP contribution is -2.37. The molecular formula is C8H22O2Si2. The first-order valence-electron chi connectivity index (χ1n) is 4.95. The monoisotopic (exact) mass is 206 g/mol. The molecule has 0 radical (unpaired) electrons. The van der Waals surface area contributed by atoms with Crippen LogP contribution in [0.4, 0.5) is 0 Å². The van der Waals surface area contributed by atoms with E-state index in [2.05, 4.69) is 26.9 Å². The van der Waals surface area contributed by atoms with Gasteiger partial charge in [-0.3, -0.25) is 0 Å². The Labute approximate surface area is 79.5 Å². The van der Waals surface area contributed by atoms with Crippen molar-refractivity contribution in [2.24, 2.45) is 0 Å². The van der Waals surface area contributed by atoms with Gasteiger partial charge >= 0.3 is 0 Å². The van der Waals surface area contributed by atoms with Crippen LogP contribution in [0, 0.1) is 0 Å². The quantitative estimate of drug-likeness (QED) is 0.590. The summed E-state index contributed by atoms with van der Waals surface area (Å²) < 4.78 is 11.5. The molecule has 4 heteroatoms. The molecule has 0 heterocycles. The van der Waals surface area contributed by atoms with E-state index in [0.717, 1.165) is 26.1 Å². The van der Waals surface area contributed by atoms with Crippen LogP contribution >= 0.6 is 0 Å². The van der Waals surface area contributed by atoms with Crippen LogP contribution < -0.4 is 0 Å². The van der Waals surface area contributed by atoms with Gasteiger partial charge < -0.3 is 8.85 Å².